The Labute approximate surface area is 171 Å². The van der Waals surface area contributed by atoms with E-state index >= 15 is 0 Å². The summed E-state index contributed by atoms with van der Waals surface area (Å²) in [5.74, 6) is -1.21. The zero-order valence-corrected chi connectivity index (χ0v) is 17.4. The molecule has 0 bridgehead atoms. The number of hydrogen-bond donors (Lipinski definition) is 2. The lowest BCUT2D eigenvalue weighted by Gasteiger charge is -2.19. The smallest absolute Gasteiger partial charge is 0.308 e. The molecule has 0 radical (unpaired) electrons. The number of carbonyl (C=O) groups excluding carboxylic acids is 3. The van der Waals surface area contributed by atoms with Gasteiger partial charge in [-0.1, -0.05) is 51.1 Å². The lowest BCUT2D eigenvalue weighted by atomic mass is 9.87. The summed E-state index contributed by atoms with van der Waals surface area (Å²) in [4.78, 5) is 35.8. The predicted octanol–water partition coefficient (Wildman–Crippen LogP) is 3.59. The van der Waals surface area contributed by atoms with E-state index in [1.165, 1.54) is 0 Å². The van der Waals surface area contributed by atoms with Gasteiger partial charge in [-0.3, -0.25) is 14.4 Å². The number of amides is 2. The Morgan fingerprint density at radius 2 is 1.62 bits per heavy atom. The summed E-state index contributed by atoms with van der Waals surface area (Å²) in [7, 11) is 0. The Bertz CT molecular complexity index is 867. The third-order valence-electron chi connectivity index (χ3n) is 4.41. The minimum atomic E-state index is -0.548. The van der Waals surface area contributed by atoms with Crippen LogP contribution in [0.15, 0.2) is 48.5 Å². The highest BCUT2D eigenvalue weighted by molar-refractivity contribution is 5.95. The van der Waals surface area contributed by atoms with E-state index in [2.05, 4.69) is 31.4 Å². The van der Waals surface area contributed by atoms with Gasteiger partial charge in [-0.25, -0.2) is 0 Å². The van der Waals surface area contributed by atoms with Gasteiger partial charge in [0.15, 0.2) is 6.61 Å². The Morgan fingerprint density at radius 3 is 2.24 bits per heavy atom. The Hall–Kier alpha value is -3.15. The number of rotatable bonds is 7. The number of carbonyl (C=O) groups is 3. The highest BCUT2D eigenvalue weighted by Gasteiger charge is 2.14. The molecule has 0 saturated heterocycles. The van der Waals surface area contributed by atoms with Gasteiger partial charge < -0.3 is 15.4 Å². The van der Waals surface area contributed by atoms with Gasteiger partial charge >= 0.3 is 5.97 Å². The van der Waals surface area contributed by atoms with Gasteiger partial charge in [0.25, 0.3) is 11.8 Å². The van der Waals surface area contributed by atoms with Crippen LogP contribution in [0.25, 0.3) is 0 Å². The molecule has 6 nitrogen and oxygen atoms in total. The van der Waals surface area contributed by atoms with Crippen molar-refractivity contribution in [2.45, 2.75) is 39.5 Å². The second-order valence-electron chi connectivity index (χ2n) is 7.86. The van der Waals surface area contributed by atoms with Gasteiger partial charge in [0.2, 0.25) is 0 Å². The van der Waals surface area contributed by atoms with Crippen molar-refractivity contribution in [3.8, 4) is 0 Å². The number of para-hydroxylation sites is 1. The van der Waals surface area contributed by atoms with Gasteiger partial charge in [0.05, 0.1) is 6.42 Å². The first kappa shape index (κ1) is 22.1. The first-order chi connectivity index (χ1) is 13.7. The van der Waals surface area contributed by atoms with E-state index in [4.69, 9.17) is 4.74 Å². The summed E-state index contributed by atoms with van der Waals surface area (Å²) in [5.41, 5.74) is 3.29. The van der Waals surface area contributed by atoms with Crippen LogP contribution in [0, 0.1) is 6.92 Å². The molecule has 0 aliphatic heterocycles. The summed E-state index contributed by atoms with van der Waals surface area (Å²) in [6.45, 7) is 7.97. The Balaban J connectivity index is 1.70. The average molecular weight is 396 g/mol. The number of ether oxygens (including phenoxy) is 1. The molecule has 2 N–H and O–H groups in total. The quantitative estimate of drug-likeness (QED) is 0.701. The van der Waals surface area contributed by atoms with E-state index in [9.17, 15) is 14.4 Å². The van der Waals surface area contributed by atoms with Gasteiger partial charge in [-0.2, -0.15) is 0 Å². The number of aryl methyl sites for hydroxylation is 1. The van der Waals surface area contributed by atoms with Crippen molar-refractivity contribution in [1.82, 2.24) is 5.32 Å². The molecular weight excluding hydrogens is 368 g/mol. The standard InChI is InChI=1S/C23H28N2O4/c1-16-7-5-6-8-19(16)25-20(26)15-29-21(27)13-14-24-22(28)17-9-11-18(12-10-17)23(2,3)4/h5-12H,13-15H2,1-4H3,(H,24,28)(H,25,26). The van der Waals surface area contributed by atoms with Gasteiger partial charge in [-0.05, 0) is 41.7 Å². The molecule has 0 aliphatic carbocycles. The van der Waals surface area contributed by atoms with E-state index in [-0.39, 0.29) is 30.9 Å². The fraction of sp³-hybridized carbons (Fsp3) is 0.348. The van der Waals surface area contributed by atoms with E-state index in [1.54, 1.807) is 18.2 Å². The number of nitrogens with one attached hydrogen (secondary N) is 2. The first-order valence-corrected chi connectivity index (χ1v) is 9.56. The predicted molar refractivity (Wildman–Crippen MR) is 113 cm³/mol. The number of hydrogen-bond acceptors (Lipinski definition) is 4. The Kier molecular flexibility index (Phi) is 7.53. The van der Waals surface area contributed by atoms with Crippen LogP contribution in [0.4, 0.5) is 5.69 Å². The second-order valence-corrected chi connectivity index (χ2v) is 7.86. The van der Waals surface area contributed by atoms with Crippen LogP contribution in [0.3, 0.4) is 0 Å². The largest absolute Gasteiger partial charge is 0.456 e. The highest BCUT2D eigenvalue weighted by atomic mass is 16.5. The van der Waals surface area contributed by atoms with Gasteiger partial charge in [-0.15, -0.1) is 0 Å². The van der Waals surface area contributed by atoms with Crippen molar-refractivity contribution in [3.05, 3.63) is 65.2 Å². The fourth-order valence-corrected chi connectivity index (χ4v) is 2.62. The third-order valence-corrected chi connectivity index (χ3v) is 4.41. The number of esters is 1. The summed E-state index contributed by atoms with van der Waals surface area (Å²) in [5, 5.41) is 5.37. The molecule has 6 heteroatoms. The molecular formula is C23H28N2O4. The molecule has 0 aromatic heterocycles. The van der Waals surface area contributed by atoms with Crippen molar-refractivity contribution in [2.24, 2.45) is 0 Å². The lowest BCUT2D eigenvalue weighted by molar-refractivity contribution is -0.147. The molecule has 29 heavy (non-hydrogen) atoms. The molecule has 0 fully saturated rings. The molecule has 154 valence electrons. The van der Waals surface area contributed by atoms with E-state index in [0.717, 1.165) is 11.1 Å². The van der Waals surface area contributed by atoms with E-state index in [0.29, 0.717) is 11.3 Å². The highest BCUT2D eigenvalue weighted by Crippen LogP contribution is 2.22. The van der Waals surface area contributed by atoms with Crippen molar-refractivity contribution < 1.29 is 19.1 Å². The van der Waals surface area contributed by atoms with Crippen LogP contribution < -0.4 is 10.6 Å². The lowest BCUT2D eigenvalue weighted by Crippen LogP contribution is -2.28. The summed E-state index contributed by atoms with van der Waals surface area (Å²) >= 11 is 0. The van der Waals surface area contributed by atoms with Crippen LogP contribution in [-0.4, -0.2) is 30.9 Å². The fourth-order valence-electron chi connectivity index (χ4n) is 2.62. The minimum Gasteiger partial charge on any atom is -0.456 e. The maximum Gasteiger partial charge on any atom is 0.308 e. The van der Waals surface area contributed by atoms with Crippen molar-refractivity contribution in [2.75, 3.05) is 18.5 Å². The number of benzene rings is 2. The van der Waals surface area contributed by atoms with Crippen LogP contribution in [0.1, 0.15) is 48.7 Å². The maximum absolute atomic E-state index is 12.2. The molecule has 0 spiro atoms. The van der Waals surface area contributed by atoms with Crippen LogP contribution >= 0.6 is 0 Å². The maximum atomic E-state index is 12.2. The topological polar surface area (TPSA) is 84.5 Å². The zero-order valence-electron chi connectivity index (χ0n) is 17.4. The van der Waals surface area contributed by atoms with E-state index < -0.39 is 11.9 Å². The molecule has 0 atom stereocenters. The second kappa shape index (κ2) is 9.87. The average Bonchev–Trinajstić information content (AvgIpc) is 2.67. The van der Waals surface area contributed by atoms with Crippen molar-refractivity contribution >= 4 is 23.5 Å². The van der Waals surface area contributed by atoms with Crippen LogP contribution in [0.5, 0.6) is 0 Å². The molecule has 2 amide bonds. The summed E-state index contributed by atoms with van der Waals surface area (Å²) in [6, 6.07) is 14.7. The molecule has 2 aromatic rings. The zero-order chi connectivity index (χ0) is 21.4. The molecule has 0 heterocycles. The molecule has 0 aliphatic rings. The Morgan fingerprint density at radius 1 is 0.966 bits per heavy atom. The SMILES string of the molecule is Cc1ccccc1NC(=O)COC(=O)CCNC(=O)c1ccc(C(C)(C)C)cc1. The van der Waals surface area contributed by atoms with Crippen molar-refractivity contribution in [1.29, 1.82) is 0 Å². The first-order valence-electron chi connectivity index (χ1n) is 9.56. The van der Waals surface area contributed by atoms with E-state index in [1.807, 2.05) is 37.3 Å². The monoisotopic (exact) mass is 396 g/mol. The van der Waals surface area contributed by atoms with Crippen LogP contribution in [0.2, 0.25) is 0 Å². The van der Waals surface area contributed by atoms with Crippen molar-refractivity contribution in [3.63, 3.8) is 0 Å². The van der Waals surface area contributed by atoms with Gasteiger partial charge in [0, 0.05) is 17.8 Å². The summed E-state index contributed by atoms with van der Waals surface area (Å²) in [6.07, 6.45) is -0.0105. The summed E-state index contributed by atoms with van der Waals surface area (Å²) < 4.78 is 4.95. The minimum absolute atomic E-state index is 0.0105. The third kappa shape index (κ3) is 7.07. The molecule has 0 saturated carbocycles. The van der Waals surface area contributed by atoms with Gasteiger partial charge in [0.1, 0.15) is 0 Å². The molecule has 2 aromatic carbocycles. The molecule has 2 rings (SSSR count). The normalized spacial score (nSPS) is 10.9. The van der Waals surface area contributed by atoms with Crippen LogP contribution in [-0.2, 0) is 19.7 Å². The molecule has 0 unspecified atom stereocenters. The number of anilines is 1.